The minimum atomic E-state index is -3.84. The largest absolute Gasteiger partial charge is 0.493 e. The first-order chi connectivity index (χ1) is 15.7. The third-order valence-electron chi connectivity index (χ3n) is 4.32. The maximum absolute atomic E-state index is 12.6. The molecule has 8 nitrogen and oxygen atoms in total. The van der Waals surface area contributed by atoms with Crippen molar-refractivity contribution < 1.29 is 17.9 Å². The highest BCUT2D eigenvalue weighted by atomic mass is 79.9. The van der Waals surface area contributed by atoms with Crippen LogP contribution in [0.5, 0.6) is 5.75 Å². The zero-order chi connectivity index (χ0) is 24.0. The van der Waals surface area contributed by atoms with Crippen molar-refractivity contribution in [1.82, 2.24) is 9.97 Å². The second kappa shape index (κ2) is 10.6. The second-order valence-corrected chi connectivity index (χ2v) is 9.61. The Balaban J connectivity index is 1.68. The van der Waals surface area contributed by atoms with Crippen molar-refractivity contribution in [2.75, 3.05) is 16.6 Å². The van der Waals surface area contributed by atoms with E-state index < -0.39 is 10.0 Å². The number of amides is 1. The van der Waals surface area contributed by atoms with Gasteiger partial charge in [-0.25, -0.2) is 18.4 Å². The van der Waals surface area contributed by atoms with Crippen LogP contribution >= 0.6 is 15.9 Å². The lowest BCUT2D eigenvalue weighted by Gasteiger charge is -2.09. The van der Waals surface area contributed by atoms with Crippen molar-refractivity contribution in [2.45, 2.75) is 25.7 Å². The fraction of sp³-hybridized carbons (Fsp3) is 0.174. The number of nitrogens with one attached hydrogen (secondary N) is 2. The van der Waals surface area contributed by atoms with Gasteiger partial charge in [-0.3, -0.25) is 9.52 Å². The summed E-state index contributed by atoms with van der Waals surface area (Å²) in [6.07, 6.45) is 3.04. The molecule has 0 fully saturated rings. The van der Waals surface area contributed by atoms with E-state index in [0.717, 1.165) is 10.0 Å². The van der Waals surface area contributed by atoms with Crippen LogP contribution in [0.3, 0.4) is 0 Å². The molecule has 0 saturated heterocycles. The van der Waals surface area contributed by atoms with Crippen LogP contribution in [-0.2, 0) is 14.8 Å². The number of benzene rings is 2. The number of carbonyl (C=O) groups excluding carboxylic acids is 1. The topological polar surface area (TPSA) is 110 Å². The molecule has 0 spiro atoms. The van der Waals surface area contributed by atoms with Crippen LogP contribution in [0, 0.1) is 13.8 Å². The molecule has 0 aliphatic carbocycles. The van der Waals surface area contributed by atoms with Crippen LogP contribution in [0.4, 0.5) is 11.5 Å². The van der Waals surface area contributed by atoms with E-state index in [1.807, 2.05) is 25.1 Å². The lowest BCUT2D eigenvalue weighted by atomic mass is 10.2. The van der Waals surface area contributed by atoms with E-state index in [0.29, 0.717) is 29.6 Å². The lowest BCUT2D eigenvalue weighted by Crippen LogP contribution is -2.15. The highest BCUT2D eigenvalue weighted by molar-refractivity contribution is 9.10. The highest BCUT2D eigenvalue weighted by Gasteiger charge is 2.15. The van der Waals surface area contributed by atoms with Crippen LogP contribution in [0.25, 0.3) is 6.08 Å². The second-order valence-electron chi connectivity index (χ2n) is 7.01. The van der Waals surface area contributed by atoms with Gasteiger partial charge < -0.3 is 10.1 Å². The van der Waals surface area contributed by atoms with Crippen molar-refractivity contribution in [1.29, 1.82) is 0 Å². The Morgan fingerprint density at radius 1 is 1.09 bits per heavy atom. The molecule has 10 heteroatoms. The van der Waals surface area contributed by atoms with Crippen molar-refractivity contribution in [3.63, 3.8) is 0 Å². The summed E-state index contributed by atoms with van der Waals surface area (Å²) in [5, 5.41) is 2.71. The SMILES string of the molecule is CCOc1ccc(Br)cc1C=CC(=O)Nc1ccc(S(=O)(=O)Nc2cc(C)nc(C)n2)cc1. The molecule has 1 amide bonds. The van der Waals surface area contributed by atoms with Crippen LogP contribution in [-0.4, -0.2) is 30.9 Å². The molecule has 0 aliphatic heterocycles. The maximum Gasteiger partial charge on any atom is 0.263 e. The summed E-state index contributed by atoms with van der Waals surface area (Å²) in [7, 11) is -3.84. The smallest absolute Gasteiger partial charge is 0.263 e. The molecule has 0 aliphatic rings. The zero-order valence-corrected chi connectivity index (χ0v) is 20.7. The number of hydrogen-bond acceptors (Lipinski definition) is 6. The predicted molar refractivity (Wildman–Crippen MR) is 132 cm³/mol. The van der Waals surface area contributed by atoms with Gasteiger partial charge in [0.05, 0.1) is 11.5 Å². The Bertz CT molecular complexity index is 1270. The standard InChI is InChI=1S/C23H23BrN4O4S/c1-4-32-21-11-6-18(24)14-17(21)5-12-23(29)27-19-7-9-20(10-8-19)33(30,31)28-22-13-15(2)25-16(3)26-22/h5-14H,4H2,1-3H3,(H,27,29)(H,25,26,28). The van der Waals surface area contributed by atoms with Gasteiger partial charge in [-0.05, 0) is 69.3 Å². The van der Waals surface area contributed by atoms with Crippen LogP contribution in [0.1, 0.15) is 24.0 Å². The first kappa shape index (κ1) is 24.4. The van der Waals surface area contributed by atoms with Gasteiger partial charge in [0.25, 0.3) is 10.0 Å². The summed E-state index contributed by atoms with van der Waals surface area (Å²) in [4.78, 5) is 20.6. The summed E-state index contributed by atoms with van der Waals surface area (Å²) in [6, 6.07) is 12.9. The summed E-state index contributed by atoms with van der Waals surface area (Å²) in [5.74, 6) is 0.968. The van der Waals surface area contributed by atoms with Crippen LogP contribution in [0.2, 0.25) is 0 Å². The first-order valence-electron chi connectivity index (χ1n) is 10.0. The van der Waals surface area contributed by atoms with E-state index in [-0.39, 0.29) is 16.6 Å². The van der Waals surface area contributed by atoms with Gasteiger partial charge in [0, 0.05) is 33.6 Å². The number of ether oxygens (including phenoxy) is 1. The van der Waals surface area contributed by atoms with Gasteiger partial charge in [0.1, 0.15) is 17.4 Å². The zero-order valence-electron chi connectivity index (χ0n) is 18.3. The average Bonchev–Trinajstić information content (AvgIpc) is 2.73. The number of carbonyl (C=O) groups is 1. The lowest BCUT2D eigenvalue weighted by molar-refractivity contribution is -0.111. The van der Waals surface area contributed by atoms with Crippen molar-refractivity contribution in [2.24, 2.45) is 0 Å². The average molecular weight is 531 g/mol. The number of rotatable bonds is 8. The van der Waals surface area contributed by atoms with E-state index >= 15 is 0 Å². The molecule has 172 valence electrons. The van der Waals surface area contributed by atoms with Gasteiger partial charge in [0.15, 0.2) is 0 Å². The number of nitrogens with zero attached hydrogens (tertiary/aromatic N) is 2. The first-order valence-corrected chi connectivity index (χ1v) is 12.3. The van der Waals surface area contributed by atoms with Crippen molar-refractivity contribution >= 4 is 49.4 Å². The molecule has 0 radical (unpaired) electrons. The molecule has 3 rings (SSSR count). The quantitative estimate of drug-likeness (QED) is 0.408. The molecule has 33 heavy (non-hydrogen) atoms. The van der Waals surface area contributed by atoms with Gasteiger partial charge in [-0.1, -0.05) is 15.9 Å². The Hall–Kier alpha value is -3.24. The summed E-state index contributed by atoms with van der Waals surface area (Å²) in [6.45, 7) is 5.84. The summed E-state index contributed by atoms with van der Waals surface area (Å²) >= 11 is 3.41. The van der Waals surface area contributed by atoms with Crippen molar-refractivity contribution in [3.05, 3.63) is 76.2 Å². The van der Waals surface area contributed by atoms with E-state index in [2.05, 4.69) is 35.9 Å². The minimum absolute atomic E-state index is 0.0421. The third kappa shape index (κ3) is 6.87. The van der Waals surface area contributed by atoms with Gasteiger partial charge in [0.2, 0.25) is 5.91 Å². The molecule has 3 aromatic rings. The van der Waals surface area contributed by atoms with Crippen LogP contribution in [0.15, 0.2) is 64.0 Å². The fourth-order valence-electron chi connectivity index (χ4n) is 2.97. The number of sulfonamides is 1. The van der Waals surface area contributed by atoms with E-state index in [1.165, 1.54) is 30.3 Å². The molecule has 2 N–H and O–H groups in total. The Kier molecular flexibility index (Phi) is 7.83. The fourth-order valence-corrected chi connectivity index (χ4v) is 4.34. The normalized spacial score (nSPS) is 11.4. The van der Waals surface area contributed by atoms with Gasteiger partial charge in [-0.2, -0.15) is 0 Å². The Morgan fingerprint density at radius 3 is 2.48 bits per heavy atom. The van der Waals surface area contributed by atoms with Crippen LogP contribution < -0.4 is 14.8 Å². The highest BCUT2D eigenvalue weighted by Crippen LogP contribution is 2.25. The number of anilines is 2. The molecule has 0 saturated carbocycles. The molecule has 2 aromatic carbocycles. The molecule has 0 atom stereocenters. The number of hydrogen-bond donors (Lipinski definition) is 2. The Morgan fingerprint density at radius 2 is 1.82 bits per heavy atom. The molecule has 1 aromatic heterocycles. The Labute approximate surface area is 201 Å². The predicted octanol–water partition coefficient (Wildman–Crippen LogP) is 4.71. The number of aryl methyl sites for hydroxylation is 2. The molecule has 1 heterocycles. The molecule has 0 unspecified atom stereocenters. The summed E-state index contributed by atoms with van der Waals surface area (Å²) in [5.41, 5.74) is 1.86. The maximum atomic E-state index is 12.6. The van der Waals surface area contributed by atoms with Gasteiger partial charge in [-0.15, -0.1) is 0 Å². The number of aromatic nitrogens is 2. The molecule has 0 bridgehead atoms. The molecular formula is C23H23BrN4O4S. The van der Waals surface area contributed by atoms with Crippen molar-refractivity contribution in [3.8, 4) is 5.75 Å². The van der Waals surface area contributed by atoms with E-state index in [1.54, 1.807) is 26.0 Å². The van der Waals surface area contributed by atoms with E-state index in [4.69, 9.17) is 4.74 Å². The van der Waals surface area contributed by atoms with Gasteiger partial charge >= 0.3 is 0 Å². The molecular weight excluding hydrogens is 508 g/mol. The number of halogens is 1. The monoisotopic (exact) mass is 530 g/mol. The minimum Gasteiger partial charge on any atom is -0.493 e. The van der Waals surface area contributed by atoms with E-state index in [9.17, 15) is 13.2 Å². The summed E-state index contributed by atoms with van der Waals surface area (Å²) < 4.78 is 34.2. The third-order valence-corrected chi connectivity index (χ3v) is 6.19.